The number of benzene rings is 4. The van der Waals surface area contributed by atoms with E-state index in [2.05, 4.69) is 23.1 Å². The van der Waals surface area contributed by atoms with E-state index in [1.165, 1.54) is 11.8 Å². The van der Waals surface area contributed by atoms with Gasteiger partial charge < -0.3 is 9.64 Å². The summed E-state index contributed by atoms with van der Waals surface area (Å²) >= 11 is 3.02. The minimum absolute atomic E-state index is 0.0723. The van der Waals surface area contributed by atoms with Crippen molar-refractivity contribution in [3.63, 3.8) is 0 Å². The van der Waals surface area contributed by atoms with Crippen LogP contribution in [0.25, 0.3) is 10.8 Å². The molecule has 0 saturated carbocycles. The Morgan fingerprint density at radius 2 is 1.67 bits per heavy atom. The predicted molar refractivity (Wildman–Crippen MR) is 152 cm³/mol. The van der Waals surface area contributed by atoms with Gasteiger partial charge in [-0.05, 0) is 54.4 Å². The molecule has 0 aromatic heterocycles. The van der Waals surface area contributed by atoms with Crippen LogP contribution in [0.15, 0.2) is 105 Å². The number of aliphatic imine (C=N–C) groups is 1. The molecule has 0 atom stereocenters. The van der Waals surface area contributed by atoms with Gasteiger partial charge in [0.2, 0.25) is 0 Å². The minimum Gasteiger partial charge on any atom is -0.497 e. The second-order valence-corrected chi connectivity index (χ2v) is 10.6. The number of fused-ring (bicyclic) bond motifs is 2. The third-order valence-corrected chi connectivity index (χ3v) is 8.68. The summed E-state index contributed by atoms with van der Waals surface area (Å²) in [5, 5.41) is 3.71. The van der Waals surface area contributed by atoms with Gasteiger partial charge >= 0.3 is 0 Å². The lowest BCUT2D eigenvalue weighted by Gasteiger charge is -2.17. The molecule has 6 rings (SSSR count). The standard InChI is InChI=1S/C29H23N3O2S2/c1-18-11-13-20(14-12-18)32-27(33)26(28-31(2)24-17-21(34-3)15-16-25(24)35-28)36-29(32)30-23-10-6-8-19-7-4-5-9-22(19)23/h4-17H,1-3H3/b28-26-,30-29?. The third kappa shape index (κ3) is 3.85. The van der Waals surface area contributed by atoms with E-state index < -0.39 is 0 Å². The second kappa shape index (κ2) is 9.08. The van der Waals surface area contributed by atoms with Gasteiger partial charge in [0, 0.05) is 23.4 Å². The fourth-order valence-corrected chi connectivity index (χ4v) is 6.68. The Bertz CT molecular complexity index is 1570. The van der Waals surface area contributed by atoms with E-state index in [9.17, 15) is 4.79 Å². The molecule has 178 valence electrons. The van der Waals surface area contributed by atoms with Crippen molar-refractivity contribution in [3.05, 3.63) is 100 Å². The van der Waals surface area contributed by atoms with Crippen LogP contribution in [0.1, 0.15) is 5.56 Å². The Balaban J connectivity index is 1.49. The number of amides is 1. The molecule has 0 bridgehead atoms. The number of carbonyl (C=O) groups is 1. The normalized spacial score (nSPS) is 18.4. The Labute approximate surface area is 218 Å². The number of anilines is 2. The number of methoxy groups -OCH3 is 1. The summed E-state index contributed by atoms with van der Waals surface area (Å²) in [5.74, 6) is 0.717. The van der Waals surface area contributed by atoms with Crippen molar-refractivity contribution in [2.24, 2.45) is 4.99 Å². The van der Waals surface area contributed by atoms with Crippen molar-refractivity contribution in [2.45, 2.75) is 11.8 Å². The number of rotatable bonds is 3. The molecule has 0 aliphatic carbocycles. The van der Waals surface area contributed by atoms with Gasteiger partial charge in [-0.25, -0.2) is 4.99 Å². The maximum atomic E-state index is 14.0. The fraction of sp³-hybridized carbons (Fsp3) is 0.103. The maximum absolute atomic E-state index is 14.0. The Morgan fingerprint density at radius 1 is 0.889 bits per heavy atom. The number of thioether (sulfide) groups is 2. The van der Waals surface area contributed by atoms with Crippen LogP contribution in [-0.4, -0.2) is 25.2 Å². The molecular formula is C29H23N3O2S2. The maximum Gasteiger partial charge on any atom is 0.274 e. The third-order valence-electron chi connectivity index (χ3n) is 6.29. The number of carbonyl (C=O) groups excluding carboxylic acids is 1. The Hall–Kier alpha value is -3.68. The van der Waals surface area contributed by atoms with Crippen LogP contribution in [0.2, 0.25) is 0 Å². The fourth-order valence-electron chi connectivity index (χ4n) is 4.36. The second-order valence-electron chi connectivity index (χ2n) is 8.60. The zero-order valence-electron chi connectivity index (χ0n) is 20.1. The summed E-state index contributed by atoms with van der Waals surface area (Å²) in [6.45, 7) is 2.04. The quantitative estimate of drug-likeness (QED) is 0.271. The van der Waals surface area contributed by atoms with Gasteiger partial charge in [-0.2, -0.15) is 0 Å². The van der Waals surface area contributed by atoms with E-state index in [-0.39, 0.29) is 5.91 Å². The number of hydrogen-bond donors (Lipinski definition) is 0. The average molecular weight is 510 g/mol. The molecule has 0 spiro atoms. The number of nitrogens with zero attached hydrogens (tertiary/aromatic N) is 3. The van der Waals surface area contributed by atoms with Gasteiger partial charge in [0.25, 0.3) is 5.91 Å². The zero-order chi connectivity index (χ0) is 24.8. The molecule has 1 amide bonds. The molecule has 0 unspecified atom stereocenters. The first-order valence-corrected chi connectivity index (χ1v) is 13.2. The molecule has 0 N–H and O–H groups in total. The first-order chi connectivity index (χ1) is 17.5. The molecule has 2 aliphatic heterocycles. The van der Waals surface area contributed by atoms with Gasteiger partial charge in [0.15, 0.2) is 5.17 Å². The Morgan fingerprint density at radius 3 is 2.47 bits per heavy atom. The molecule has 1 fully saturated rings. The van der Waals surface area contributed by atoms with Gasteiger partial charge in [-0.1, -0.05) is 65.9 Å². The number of ether oxygens (including phenoxy) is 1. The minimum atomic E-state index is -0.0723. The molecule has 4 aromatic rings. The summed E-state index contributed by atoms with van der Waals surface area (Å²) in [7, 11) is 3.65. The predicted octanol–water partition coefficient (Wildman–Crippen LogP) is 7.34. The van der Waals surface area contributed by atoms with Gasteiger partial charge in [0.05, 0.1) is 29.2 Å². The zero-order valence-corrected chi connectivity index (χ0v) is 21.7. The van der Waals surface area contributed by atoms with E-state index in [1.807, 2.05) is 80.7 Å². The summed E-state index contributed by atoms with van der Waals surface area (Å²) in [6.07, 6.45) is 0. The van der Waals surface area contributed by atoms with Crippen molar-refractivity contribution in [1.29, 1.82) is 0 Å². The van der Waals surface area contributed by atoms with Crippen LogP contribution in [0.5, 0.6) is 5.75 Å². The van der Waals surface area contributed by atoms with Crippen molar-refractivity contribution in [3.8, 4) is 5.75 Å². The van der Waals surface area contributed by atoms with Crippen LogP contribution in [-0.2, 0) is 4.79 Å². The van der Waals surface area contributed by atoms with Crippen LogP contribution in [0.4, 0.5) is 17.1 Å². The highest BCUT2D eigenvalue weighted by molar-refractivity contribution is 8.20. The van der Waals surface area contributed by atoms with Gasteiger partial charge in [-0.3, -0.25) is 9.69 Å². The first kappa shape index (κ1) is 22.8. The highest BCUT2D eigenvalue weighted by Gasteiger charge is 2.40. The number of amidine groups is 1. The average Bonchev–Trinajstić information content (AvgIpc) is 3.40. The van der Waals surface area contributed by atoms with E-state index in [4.69, 9.17) is 9.73 Å². The van der Waals surface area contributed by atoms with Crippen molar-refractivity contribution < 1.29 is 9.53 Å². The van der Waals surface area contributed by atoms with Crippen LogP contribution in [0.3, 0.4) is 0 Å². The summed E-state index contributed by atoms with van der Waals surface area (Å²) in [6, 6.07) is 28.2. The lowest BCUT2D eigenvalue weighted by Crippen LogP contribution is -2.29. The lowest BCUT2D eigenvalue weighted by atomic mass is 10.1. The van der Waals surface area contributed by atoms with Gasteiger partial charge in [0.1, 0.15) is 10.7 Å². The lowest BCUT2D eigenvalue weighted by molar-refractivity contribution is -0.113. The topological polar surface area (TPSA) is 45.1 Å². The van der Waals surface area contributed by atoms with E-state index in [0.717, 1.165) is 49.1 Å². The largest absolute Gasteiger partial charge is 0.497 e. The smallest absolute Gasteiger partial charge is 0.274 e. The van der Waals surface area contributed by atoms with E-state index in [0.29, 0.717) is 10.1 Å². The van der Waals surface area contributed by atoms with Gasteiger partial charge in [-0.15, -0.1) is 0 Å². The molecule has 0 radical (unpaired) electrons. The Kier molecular flexibility index (Phi) is 5.74. The van der Waals surface area contributed by atoms with E-state index in [1.54, 1.807) is 23.8 Å². The van der Waals surface area contributed by atoms with Crippen LogP contribution >= 0.6 is 23.5 Å². The van der Waals surface area contributed by atoms with Crippen molar-refractivity contribution >= 4 is 62.4 Å². The molecule has 2 heterocycles. The molecule has 4 aromatic carbocycles. The highest BCUT2D eigenvalue weighted by Crippen LogP contribution is 2.51. The number of hydrogen-bond acceptors (Lipinski definition) is 6. The SMILES string of the molecule is COc1ccc2c(c1)N(C)/C(=C1/SC(=Nc3cccc4ccccc34)N(c3ccc(C)cc3)C1=O)S2. The molecule has 36 heavy (non-hydrogen) atoms. The monoisotopic (exact) mass is 509 g/mol. The summed E-state index contributed by atoms with van der Waals surface area (Å²) in [4.78, 5) is 24.6. The number of aryl methyl sites for hydroxylation is 1. The molecule has 7 heteroatoms. The van der Waals surface area contributed by atoms with Crippen LogP contribution in [0, 0.1) is 6.92 Å². The molecule has 1 saturated heterocycles. The molecular weight excluding hydrogens is 486 g/mol. The van der Waals surface area contributed by atoms with Crippen molar-refractivity contribution in [1.82, 2.24) is 0 Å². The van der Waals surface area contributed by atoms with Crippen LogP contribution < -0.4 is 14.5 Å². The van der Waals surface area contributed by atoms with Crippen molar-refractivity contribution in [2.75, 3.05) is 24.0 Å². The highest BCUT2D eigenvalue weighted by atomic mass is 32.2. The molecule has 2 aliphatic rings. The van der Waals surface area contributed by atoms with E-state index >= 15 is 0 Å². The summed E-state index contributed by atoms with van der Waals surface area (Å²) in [5.41, 5.74) is 3.81. The summed E-state index contributed by atoms with van der Waals surface area (Å²) < 4.78 is 5.42. The first-order valence-electron chi connectivity index (χ1n) is 11.5. The molecule has 5 nitrogen and oxygen atoms in total.